The van der Waals surface area contributed by atoms with Crippen molar-refractivity contribution in [1.82, 2.24) is 10.6 Å². The zero-order valence-corrected chi connectivity index (χ0v) is 14.2. The van der Waals surface area contributed by atoms with Gasteiger partial charge in [-0.25, -0.2) is 4.79 Å². The molecule has 0 fully saturated rings. The van der Waals surface area contributed by atoms with E-state index in [9.17, 15) is 9.59 Å². The van der Waals surface area contributed by atoms with Crippen molar-refractivity contribution >= 4 is 46.7 Å². The summed E-state index contributed by atoms with van der Waals surface area (Å²) in [7, 11) is 0. The quantitative estimate of drug-likeness (QED) is 0.840. The molecule has 0 heterocycles. The van der Waals surface area contributed by atoms with Crippen LogP contribution in [0.4, 0.5) is 4.79 Å². The van der Waals surface area contributed by atoms with E-state index in [0.29, 0.717) is 18.0 Å². The maximum Gasteiger partial charge on any atom is 0.321 e. The van der Waals surface area contributed by atoms with Crippen LogP contribution in [0.25, 0.3) is 0 Å². The SMILES string of the molecule is O=C(NCCc1ccc(Cl)cc1)NC(=O)c1c(Cl)cccc1Cl. The Kier molecular flexibility index (Phi) is 6.28. The lowest BCUT2D eigenvalue weighted by molar-refractivity contribution is 0.0964. The Hall–Kier alpha value is -1.75. The molecule has 0 spiro atoms. The van der Waals surface area contributed by atoms with E-state index < -0.39 is 11.9 Å². The molecule has 0 bridgehead atoms. The molecule has 0 saturated heterocycles. The van der Waals surface area contributed by atoms with Gasteiger partial charge in [0, 0.05) is 11.6 Å². The Morgan fingerprint density at radius 1 is 0.913 bits per heavy atom. The molecule has 2 aromatic rings. The highest BCUT2D eigenvalue weighted by Crippen LogP contribution is 2.23. The average molecular weight is 372 g/mol. The Bertz CT molecular complexity index is 698. The Morgan fingerprint density at radius 2 is 1.52 bits per heavy atom. The van der Waals surface area contributed by atoms with Crippen molar-refractivity contribution in [2.45, 2.75) is 6.42 Å². The van der Waals surface area contributed by atoms with Gasteiger partial charge in [0.2, 0.25) is 0 Å². The van der Waals surface area contributed by atoms with Crippen LogP contribution in [0.5, 0.6) is 0 Å². The molecule has 4 nitrogen and oxygen atoms in total. The number of rotatable bonds is 4. The Morgan fingerprint density at radius 3 is 2.13 bits per heavy atom. The van der Waals surface area contributed by atoms with Crippen molar-refractivity contribution in [2.75, 3.05) is 6.54 Å². The standard InChI is InChI=1S/C16H13Cl3N2O2/c17-11-6-4-10(5-7-11)8-9-20-16(23)21-15(22)14-12(18)2-1-3-13(14)19/h1-7H,8-9H2,(H2,20,21,22,23). The van der Waals surface area contributed by atoms with Crippen LogP contribution >= 0.6 is 34.8 Å². The number of halogens is 3. The highest BCUT2D eigenvalue weighted by Gasteiger charge is 2.16. The van der Waals surface area contributed by atoms with Crippen molar-refractivity contribution in [3.63, 3.8) is 0 Å². The molecule has 2 aromatic carbocycles. The molecule has 0 saturated carbocycles. The molecule has 0 aliphatic carbocycles. The summed E-state index contributed by atoms with van der Waals surface area (Å²) in [5, 5.41) is 5.81. The van der Waals surface area contributed by atoms with Crippen LogP contribution in [-0.2, 0) is 6.42 Å². The maximum atomic E-state index is 12.0. The van der Waals surface area contributed by atoms with Gasteiger partial charge < -0.3 is 5.32 Å². The zero-order valence-electron chi connectivity index (χ0n) is 11.9. The number of urea groups is 1. The van der Waals surface area contributed by atoms with Gasteiger partial charge in [-0.15, -0.1) is 0 Å². The van der Waals surface area contributed by atoms with Gasteiger partial charge in [0.25, 0.3) is 5.91 Å². The van der Waals surface area contributed by atoms with Crippen molar-refractivity contribution < 1.29 is 9.59 Å². The fourth-order valence-electron chi connectivity index (χ4n) is 1.90. The molecule has 0 aliphatic heterocycles. The van der Waals surface area contributed by atoms with Crippen LogP contribution < -0.4 is 10.6 Å². The summed E-state index contributed by atoms with van der Waals surface area (Å²) in [5.74, 6) is -0.649. The van der Waals surface area contributed by atoms with Crippen LogP contribution in [0.2, 0.25) is 15.1 Å². The highest BCUT2D eigenvalue weighted by molar-refractivity contribution is 6.40. The molecule has 0 radical (unpaired) electrons. The highest BCUT2D eigenvalue weighted by atomic mass is 35.5. The first-order valence-electron chi connectivity index (χ1n) is 6.75. The minimum absolute atomic E-state index is 0.0729. The molecular formula is C16H13Cl3N2O2. The first-order valence-corrected chi connectivity index (χ1v) is 7.88. The fourth-order valence-corrected chi connectivity index (χ4v) is 2.59. The van der Waals surface area contributed by atoms with Crippen LogP contribution in [0.1, 0.15) is 15.9 Å². The number of nitrogens with one attached hydrogen (secondary N) is 2. The van der Waals surface area contributed by atoms with Gasteiger partial charge in [-0.1, -0.05) is 53.0 Å². The lowest BCUT2D eigenvalue weighted by Gasteiger charge is -2.09. The summed E-state index contributed by atoms with van der Waals surface area (Å²) in [6.45, 7) is 0.372. The second kappa shape index (κ2) is 8.20. The maximum absolute atomic E-state index is 12.0. The smallest absolute Gasteiger partial charge is 0.321 e. The average Bonchev–Trinajstić information content (AvgIpc) is 2.49. The van der Waals surface area contributed by atoms with Crippen LogP contribution in [0, 0.1) is 0 Å². The second-order valence-electron chi connectivity index (χ2n) is 4.68. The number of carbonyl (C=O) groups is 2. The second-order valence-corrected chi connectivity index (χ2v) is 5.93. The van der Waals surface area contributed by atoms with E-state index >= 15 is 0 Å². The molecule has 2 N–H and O–H groups in total. The largest absolute Gasteiger partial charge is 0.337 e. The van der Waals surface area contributed by atoms with Crippen molar-refractivity contribution in [2.24, 2.45) is 0 Å². The molecule has 0 aliphatic rings. The van der Waals surface area contributed by atoms with Crippen molar-refractivity contribution in [1.29, 1.82) is 0 Å². The lowest BCUT2D eigenvalue weighted by Crippen LogP contribution is -2.40. The Labute approximate surface area is 148 Å². The predicted octanol–water partition coefficient (Wildman–Crippen LogP) is 4.33. The van der Waals surface area contributed by atoms with Crippen molar-refractivity contribution in [3.8, 4) is 0 Å². The molecular weight excluding hydrogens is 359 g/mol. The van der Waals surface area contributed by atoms with E-state index in [-0.39, 0.29) is 15.6 Å². The topological polar surface area (TPSA) is 58.2 Å². The minimum Gasteiger partial charge on any atom is -0.337 e. The van der Waals surface area contributed by atoms with Gasteiger partial charge in [0.1, 0.15) is 0 Å². The Balaban J connectivity index is 1.85. The van der Waals surface area contributed by atoms with E-state index in [0.717, 1.165) is 5.56 Å². The molecule has 23 heavy (non-hydrogen) atoms. The van der Waals surface area contributed by atoms with Gasteiger partial charge in [0.15, 0.2) is 0 Å². The first kappa shape index (κ1) is 17.6. The summed E-state index contributed by atoms with van der Waals surface area (Å²) < 4.78 is 0. The predicted molar refractivity (Wildman–Crippen MR) is 92.5 cm³/mol. The van der Waals surface area contributed by atoms with E-state index in [4.69, 9.17) is 34.8 Å². The molecule has 2 rings (SSSR count). The summed E-state index contributed by atoms with van der Waals surface area (Å²) in [6, 6.07) is 11.4. The molecule has 120 valence electrons. The van der Waals surface area contributed by atoms with E-state index in [1.807, 2.05) is 12.1 Å². The summed E-state index contributed by atoms with van der Waals surface area (Å²) in [4.78, 5) is 23.8. The normalized spacial score (nSPS) is 10.2. The number of hydrogen-bond acceptors (Lipinski definition) is 2. The number of amides is 3. The molecule has 0 unspecified atom stereocenters. The third kappa shape index (κ3) is 5.13. The zero-order chi connectivity index (χ0) is 16.8. The number of benzene rings is 2. The van der Waals surface area contributed by atoms with Crippen LogP contribution in [-0.4, -0.2) is 18.5 Å². The monoisotopic (exact) mass is 370 g/mol. The molecule has 3 amide bonds. The minimum atomic E-state index is -0.649. The third-order valence-electron chi connectivity index (χ3n) is 3.03. The van der Waals surface area contributed by atoms with Gasteiger partial charge in [-0.2, -0.15) is 0 Å². The third-order valence-corrected chi connectivity index (χ3v) is 3.91. The summed E-state index contributed by atoms with van der Waals surface area (Å²) in [6.07, 6.45) is 0.617. The molecule has 7 heteroatoms. The van der Waals surface area contributed by atoms with Gasteiger partial charge in [0.05, 0.1) is 15.6 Å². The number of imide groups is 1. The number of hydrogen-bond donors (Lipinski definition) is 2. The van der Waals surface area contributed by atoms with Gasteiger partial charge in [-0.3, -0.25) is 10.1 Å². The van der Waals surface area contributed by atoms with E-state index in [1.165, 1.54) is 12.1 Å². The summed E-state index contributed by atoms with van der Waals surface area (Å²) in [5.41, 5.74) is 1.10. The fraction of sp³-hybridized carbons (Fsp3) is 0.125. The molecule has 0 aromatic heterocycles. The van der Waals surface area contributed by atoms with Crippen LogP contribution in [0.3, 0.4) is 0 Å². The van der Waals surface area contributed by atoms with Crippen LogP contribution in [0.15, 0.2) is 42.5 Å². The summed E-state index contributed by atoms with van der Waals surface area (Å²) >= 11 is 17.6. The lowest BCUT2D eigenvalue weighted by atomic mass is 10.1. The van der Waals surface area contributed by atoms with Crippen molar-refractivity contribution in [3.05, 3.63) is 68.7 Å². The first-order chi connectivity index (χ1) is 11.0. The van der Waals surface area contributed by atoms with E-state index in [1.54, 1.807) is 18.2 Å². The van der Waals surface area contributed by atoms with Gasteiger partial charge in [-0.05, 0) is 36.2 Å². The molecule has 0 atom stereocenters. The number of carbonyl (C=O) groups excluding carboxylic acids is 2. The van der Waals surface area contributed by atoms with E-state index in [2.05, 4.69) is 10.6 Å². The van der Waals surface area contributed by atoms with Gasteiger partial charge >= 0.3 is 6.03 Å².